The molecule has 0 saturated heterocycles. The van der Waals surface area contributed by atoms with Gasteiger partial charge in [-0.2, -0.15) is 13.2 Å². The molecule has 8 heteroatoms. The number of amides is 2. The average molecular weight is 514 g/mol. The number of H-pyrrole nitrogens is 1. The maximum Gasteiger partial charge on any atom is 0.416 e. The predicted molar refractivity (Wildman–Crippen MR) is 138 cm³/mol. The summed E-state index contributed by atoms with van der Waals surface area (Å²) in [5.74, 6) is -0.233. The van der Waals surface area contributed by atoms with Crippen molar-refractivity contribution in [1.82, 2.24) is 14.8 Å². The first-order chi connectivity index (χ1) is 17.4. The van der Waals surface area contributed by atoms with E-state index in [4.69, 9.17) is 0 Å². The molecule has 2 aromatic carbocycles. The molecule has 5 nitrogen and oxygen atoms in total. The van der Waals surface area contributed by atoms with Crippen molar-refractivity contribution in [2.45, 2.75) is 65.2 Å². The second-order valence-electron chi connectivity index (χ2n) is 11.1. The molecule has 0 radical (unpaired) electrons. The van der Waals surface area contributed by atoms with Crippen molar-refractivity contribution < 1.29 is 22.8 Å². The van der Waals surface area contributed by atoms with Crippen LogP contribution in [0.15, 0.2) is 54.7 Å². The number of carbonyl (C=O) groups excluding carboxylic acids is 2. The normalized spacial score (nSPS) is 14.1. The molecule has 1 heterocycles. The van der Waals surface area contributed by atoms with E-state index in [0.29, 0.717) is 24.9 Å². The molecule has 0 bridgehead atoms. The highest BCUT2D eigenvalue weighted by Gasteiger charge is 2.36. The quantitative estimate of drug-likeness (QED) is 0.371. The third-order valence-corrected chi connectivity index (χ3v) is 6.63. The van der Waals surface area contributed by atoms with Crippen LogP contribution in [-0.2, 0) is 28.7 Å². The summed E-state index contributed by atoms with van der Waals surface area (Å²) in [7, 11) is 0. The number of rotatable bonds is 9. The Hall–Kier alpha value is -3.29. The van der Waals surface area contributed by atoms with Crippen LogP contribution < -0.4 is 0 Å². The van der Waals surface area contributed by atoms with E-state index in [1.807, 2.05) is 51.2 Å². The van der Waals surface area contributed by atoms with Gasteiger partial charge in [-0.15, -0.1) is 0 Å². The third-order valence-electron chi connectivity index (χ3n) is 6.63. The third kappa shape index (κ3) is 7.14. The van der Waals surface area contributed by atoms with Gasteiger partial charge in [0.25, 0.3) is 0 Å². The van der Waals surface area contributed by atoms with Crippen LogP contribution in [0.2, 0.25) is 0 Å². The summed E-state index contributed by atoms with van der Waals surface area (Å²) < 4.78 is 39.1. The number of hydrogen-bond acceptors (Lipinski definition) is 2. The average Bonchev–Trinajstić information content (AvgIpc) is 3.58. The van der Waals surface area contributed by atoms with Crippen LogP contribution in [0, 0.1) is 5.41 Å². The molecule has 1 aliphatic carbocycles. The van der Waals surface area contributed by atoms with Gasteiger partial charge in [-0.25, -0.2) is 0 Å². The van der Waals surface area contributed by atoms with Gasteiger partial charge in [0.2, 0.25) is 11.8 Å². The largest absolute Gasteiger partial charge is 0.416 e. The highest BCUT2D eigenvalue weighted by Crippen LogP contribution is 2.31. The Morgan fingerprint density at radius 1 is 0.973 bits per heavy atom. The Kier molecular flexibility index (Phi) is 7.67. The number of alkyl halides is 3. The van der Waals surface area contributed by atoms with E-state index in [1.54, 1.807) is 9.80 Å². The molecule has 1 saturated carbocycles. The van der Waals surface area contributed by atoms with Gasteiger partial charge in [0.1, 0.15) is 6.54 Å². The van der Waals surface area contributed by atoms with Gasteiger partial charge < -0.3 is 14.8 Å². The topological polar surface area (TPSA) is 56.4 Å². The van der Waals surface area contributed by atoms with E-state index in [1.165, 1.54) is 12.1 Å². The summed E-state index contributed by atoms with van der Waals surface area (Å²) in [6, 6.07) is 12.9. The van der Waals surface area contributed by atoms with E-state index in [2.05, 4.69) is 4.98 Å². The highest BCUT2D eigenvalue weighted by atomic mass is 19.4. The number of fused-ring (bicyclic) bond motifs is 1. The van der Waals surface area contributed by atoms with Crippen molar-refractivity contribution in [3.63, 3.8) is 0 Å². The van der Waals surface area contributed by atoms with Gasteiger partial charge in [0, 0.05) is 42.7 Å². The molecule has 0 atom stereocenters. The van der Waals surface area contributed by atoms with E-state index in [0.717, 1.165) is 41.4 Å². The summed E-state index contributed by atoms with van der Waals surface area (Å²) >= 11 is 0. The zero-order chi connectivity index (χ0) is 26.8. The number of benzene rings is 2. The van der Waals surface area contributed by atoms with E-state index < -0.39 is 11.7 Å². The molecule has 1 aromatic heterocycles. The Morgan fingerprint density at radius 3 is 2.27 bits per heavy atom. The van der Waals surface area contributed by atoms with Crippen molar-refractivity contribution in [3.05, 3.63) is 71.4 Å². The van der Waals surface area contributed by atoms with Crippen LogP contribution in [-0.4, -0.2) is 45.7 Å². The van der Waals surface area contributed by atoms with Gasteiger partial charge in [-0.05, 0) is 54.0 Å². The Morgan fingerprint density at radius 2 is 1.65 bits per heavy atom. The summed E-state index contributed by atoms with van der Waals surface area (Å²) in [5, 5.41) is 1.07. The first-order valence-electron chi connectivity index (χ1n) is 12.7. The molecule has 37 heavy (non-hydrogen) atoms. The first kappa shape index (κ1) is 26.8. The molecule has 1 N–H and O–H groups in total. The number of hydrogen-bond donors (Lipinski definition) is 1. The number of aromatic nitrogens is 1. The van der Waals surface area contributed by atoms with Crippen LogP contribution >= 0.6 is 0 Å². The lowest BCUT2D eigenvalue weighted by Crippen LogP contribution is -2.45. The van der Waals surface area contributed by atoms with Gasteiger partial charge >= 0.3 is 6.18 Å². The fraction of sp³-hybridized carbons (Fsp3) is 0.448. The van der Waals surface area contributed by atoms with Crippen molar-refractivity contribution in [2.75, 3.05) is 13.1 Å². The molecule has 2 amide bonds. The number of nitrogens with one attached hydrogen (secondary N) is 1. The maximum absolute atomic E-state index is 13.6. The lowest BCUT2D eigenvalue weighted by Gasteiger charge is -2.30. The first-order valence-corrected chi connectivity index (χ1v) is 12.7. The van der Waals surface area contributed by atoms with Crippen molar-refractivity contribution >= 4 is 22.7 Å². The zero-order valence-electron chi connectivity index (χ0n) is 21.6. The van der Waals surface area contributed by atoms with Crippen LogP contribution in [0.3, 0.4) is 0 Å². The summed E-state index contributed by atoms with van der Waals surface area (Å²) in [6.45, 7) is 6.52. The Balaban J connectivity index is 1.52. The lowest BCUT2D eigenvalue weighted by molar-refractivity contribution is -0.142. The van der Waals surface area contributed by atoms with Crippen molar-refractivity contribution in [1.29, 1.82) is 0 Å². The maximum atomic E-state index is 13.6. The molecule has 0 aliphatic heterocycles. The minimum absolute atomic E-state index is 0.0197. The van der Waals surface area contributed by atoms with Crippen LogP contribution in [0.1, 0.15) is 56.7 Å². The lowest BCUT2D eigenvalue weighted by atomic mass is 9.91. The number of nitrogens with zero attached hydrogens (tertiary/aromatic N) is 2. The molecule has 4 rings (SSSR count). The summed E-state index contributed by atoms with van der Waals surface area (Å²) in [5.41, 5.74) is 1.76. The summed E-state index contributed by atoms with van der Waals surface area (Å²) in [4.78, 5) is 33.2. The fourth-order valence-electron chi connectivity index (χ4n) is 4.51. The minimum atomic E-state index is -4.42. The Labute approximate surface area is 215 Å². The summed E-state index contributed by atoms with van der Waals surface area (Å²) in [6.07, 6.45) is 0.214. The highest BCUT2D eigenvalue weighted by molar-refractivity contribution is 5.86. The molecular formula is C29H34F3N3O2. The van der Waals surface area contributed by atoms with E-state index in [9.17, 15) is 22.8 Å². The molecule has 0 unspecified atom stereocenters. The van der Waals surface area contributed by atoms with Gasteiger partial charge in [-0.1, -0.05) is 51.1 Å². The number of carbonyl (C=O) groups is 2. The van der Waals surface area contributed by atoms with Crippen LogP contribution in [0.25, 0.3) is 10.9 Å². The molecule has 0 spiro atoms. The molecule has 3 aromatic rings. The second-order valence-corrected chi connectivity index (χ2v) is 11.1. The SMILES string of the molecule is CC(C)(C)CC(=O)N(CC(=O)N(CCc1c[nH]c2ccccc12)Cc1ccc(C(F)(F)F)cc1)C1CC1. The second kappa shape index (κ2) is 10.6. The monoisotopic (exact) mass is 513 g/mol. The predicted octanol–water partition coefficient (Wildman–Crippen LogP) is 6.19. The standard InChI is InChI=1S/C29H34F3N3O2/c1-28(2,3)16-26(36)35(23-12-13-23)19-27(37)34(18-20-8-10-22(11-9-20)29(30,31)32)15-14-21-17-33-25-7-5-4-6-24(21)25/h4-11,17,23,33H,12-16,18-19H2,1-3H3. The number of aromatic amines is 1. The minimum Gasteiger partial charge on any atom is -0.361 e. The molecule has 1 aliphatic rings. The van der Waals surface area contributed by atoms with E-state index in [-0.39, 0.29) is 36.4 Å². The smallest absolute Gasteiger partial charge is 0.361 e. The Bertz CT molecular complexity index is 1240. The van der Waals surface area contributed by atoms with Gasteiger partial charge in [0.15, 0.2) is 0 Å². The molecule has 198 valence electrons. The van der Waals surface area contributed by atoms with E-state index >= 15 is 0 Å². The molecular weight excluding hydrogens is 479 g/mol. The zero-order valence-corrected chi connectivity index (χ0v) is 21.6. The number of para-hydroxylation sites is 1. The van der Waals surface area contributed by atoms with Gasteiger partial charge in [-0.3, -0.25) is 9.59 Å². The van der Waals surface area contributed by atoms with Gasteiger partial charge in [0.05, 0.1) is 5.56 Å². The fourth-order valence-corrected chi connectivity index (χ4v) is 4.51. The van der Waals surface area contributed by atoms with Crippen LogP contribution in [0.5, 0.6) is 0 Å². The van der Waals surface area contributed by atoms with Crippen LogP contribution in [0.4, 0.5) is 13.2 Å². The number of halogens is 3. The van der Waals surface area contributed by atoms with Crippen molar-refractivity contribution in [2.24, 2.45) is 5.41 Å². The molecule has 1 fully saturated rings. The van der Waals surface area contributed by atoms with Crippen molar-refractivity contribution in [3.8, 4) is 0 Å².